The third-order valence-electron chi connectivity index (χ3n) is 3.30. The number of thiophene rings is 1. The average molecular weight is 252 g/mol. The van der Waals surface area contributed by atoms with Gasteiger partial charge < -0.3 is 10.2 Å². The molecule has 2 heterocycles. The minimum atomic E-state index is 0.282. The van der Waals surface area contributed by atoms with E-state index >= 15 is 0 Å². The van der Waals surface area contributed by atoms with E-state index in [1.165, 1.54) is 6.42 Å². The Kier molecular flexibility index (Phi) is 4.57. The molecule has 4 heteroatoms. The zero-order valence-corrected chi connectivity index (χ0v) is 11.1. The van der Waals surface area contributed by atoms with Gasteiger partial charge in [-0.1, -0.05) is 0 Å². The van der Waals surface area contributed by atoms with Crippen molar-refractivity contribution in [3.05, 3.63) is 22.4 Å². The first-order chi connectivity index (χ1) is 8.29. The minimum Gasteiger partial charge on any atom is -0.342 e. The van der Waals surface area contributed by atoms with Gasteiger partial charge in [0.25, 0.3) is 0 Å². The third kappa shape index (κ3) is 3.54. The second-order valence-corrected chi connectivity index (χ2v) is 5.49. The van der Waals surface area contributed by atoms with E-state index in [-0.39, 0.29) is 5.91 Å². The Morgan fingerprint density at radius 2 is 2.53 bits per heavy atom. The number of nitrogens with zero attached hydrogens (tertiary/aromatic N) is 1. The number of carbonyl (C=O) groups excluding carboxylic acids is 1. The summed E-state index contributed by atoms with van der Waals surface area (Å²) in [6.45, 7) is 2.87. The van der Waals surface area contributed by atoms with Crippen LogP contribution in [0.4, 0.5) is 0 Å². The molecule has 1 aromatic rings. The van der Waals surface area contributed by atoms with Gasteiger partial charge in [0.1, 0.15) is 0 Å². The average Bonchev–Trinajstić information content (AvgIpc) is 2.83. The summed E-state index contributed by atoms with van der Waals surface area (Å²) in [6, 6.07) is 2.04. The maximum absolute atomic E-state index is 12.1. The lowest BCUT2D eigenvalue weighted by Gasteiger charge is -2.32. The van der Waals surface area contributed by atoms with Gasteiger partial charge in [0.15, 0.2) is 0 Å². The maximum Gasteiger partial charge on any atom is 0.227 e. The molecule has 1 unspecified atom stereocenters. The highest BCUT2D eigenvalue weighted by molar-refractivity contribution is 7.07. The van der Waals surface area contributed by atoms with Crippen LogP contribution in [-0.2, 0) is 11.2 Å². The summed E-state index contributed by atoms with van der Waals surface area (Å²) in [4.78, 5) is 14.2. The number of rotatable bonds is 4. The van der Waals surface area contributed by atoms with Crippen molar-refractivity contribution in [1.82, 2.24) is 10.2 Å². The van der Waals surface area contributed by atoms with E-state index in [4.69, 9.17) is 0 Å². The van der Waals surface area contributed by atoms with Gasteiger partial charge in [-0.05, 0) is 54.7 Å². The van der Waals surface area contributed by atoms with Crippen molar-refractivity contribution < 1.29 is 4.79 Å². The molecule has 1 N–H and O–H groups in total. The fourth-order valence-corrected chi connectivity index (χ4v) is 3.10. The predicted molar refractivity (Wildman–Crippen MR) is 71.3 cm³/mol. The molecule has 1 amide bonds. The molecule has 2 rings (SSSR count). The molecule has 0 radical (unpaired) electrons. The van der Waals surface area contributed by atoms with Crippen molar-refractivity contribution in [2.24, 2.45) is 5.92 Å². The SMILES string of the molecule is CNCC1CCCN(C(=O)Cc2ccsc2)C1. The van der Waals surface area contributed by atoms with Gasteiger partial charge in [-0.2, -0.15) is 11.3 Å². The van der Waals surface area contributed by atoms with Crippen molar-refractivity contribution in [2.75, 3.05) is 26.7 Å². The molecule has 0 bridgehead atoms. The molecule has 1 fully saturated rings. The van der Waals surface area contributed by atoms with Crippen LogP contribution in [0, 0.1) is 5.92 Å². The molecule has 0 saturated carbocycles. The zero-order valence-electron chi connectivity index (χ0n) is 10.3. The lowest BCUT2D eigenvalue weighted by atomic mass is 9.97. The van der Waals surface area contributed by atoms with Crippen LogP contribution in [-0.4, -0.2) is 37.5 Å². The van der Waals surface area contributed by atoms with Crippen LogP contribution < -0.4 is 5.32 Å². The van der Waals surface area contributed by atoms with Gasteiger partial charge in [-0.25, -0.2) is 0 Å². The topological polar surface area (TPSA) is 32.3 Å². The van der Waals surface area contributed by atoms with Crippen LogP contribution in [0.3, 0.4) is 0 Å². The van der Waals surface area contributed by atoms with Crippen molar-refractivity contribution >= 4 is 17.2 Å². The van der Waals surface area contributed by atoms with Crippen LogP contribution in [0.25, 0.3) is 0 Å². The molecule has 94 valence electrons. The molecular formula is C13H20N2OS. The third-order valence-corrected chi connectivity index (χ3v) is 4.03. The second kappa shape index (κ2) is 6.17. The normalized spacial score (nSPS) is 20.5. The van der Waals surface area contributed by atoms with Gasteiger partial charge in [0, 0.05) is 13.1 Å². The second-order valence-electron chi connectivity index (χ2n) is 4.71. The van der Waals surface area contributed by atoms with Gasteiger partial charge in [0.2, 0.25) is 5.91 Å². The molecular weight excluding hydrogens is 232 g/mol. The summed E-state index contributed by atoms with van der Waals surface area (Å²) < 4.78 is 0. The Morgan fingerprint density at radius 3 is 3.24 bits per heavy atom. The molecule has 1 aliphatic heterocycles. The summed E-state index contributed by atoms with van der Waals surface area (Å²) in [5.41, 5.74) is 1.15. The van der Waals surface area contributed by atoms with Gasteiger partial charge >= 0.3 is 0 Å². The van der Waals surface area contributed by atoms with Crippen molar-refractivity contribution in [3.8, 4) is 0 Å². The lowest BCUT2D eigenvalue weighted by molar-refractivity contribution is -0.132. The number of nitrogens with one attached hydrogen (secondary N) is 1. The molecule has 0 aromatic carbocycles. The predicted octanol–water partition coefficient (Wildman–Crippen LogP) is 1.75. The standard InChI is InChI=1S/C13H20N2OS/c1-14-8-12-3-2-5-15(9-12)13(16)7-11-4-6-17-10-11/h4,6,10,12,14H,2-3,5,7-9H2,1H3. The Hall–Kier alpha value is -0.870. The van der Waals surface area contributed by atoms with Crippen molar-refractivity contribution in [3.63, 3.8) is 0 Å². The van der Waals surface area contributed by atoms with E-state index in [1.54, 1.807) is 11.3 Å². The van der Waals surface area contributed by atoms with Crippen LogP contribution >= 0.6 is 11.3 Å². The summed E-state index contributed by atoms with van der Waals surface area (Å²) in [7, 11) is 1.98. The van der Waals surface area contributed by atoms with Crippen LogP contribution in [0.15, 0.2) is 16.8 Å². The number of amides is 1. The highest BCUT2D eigenvalue weighted by atomic mass is 32.1. The van der Waals surface area contributed by atoms with E-state index in [0.717, 1.165) is 31.6 Å². The Balaban J connectivity index is 1.86. The first-order valence-electron chi connectivity index (χ1n) is 6.23. The molecule has 17 heavy (non-hydrogen) atoms. The molecule has 1 atom stereocenters. The van der Waals surface area contributed by atoms with Crippen LogP contribution in [0.5, 0.6) is 0 Å². The van der Waals surface area contributed by atoms with Gasteiger partial charge in [-0.3, -0.25) is 4.79 Å². The quantitative estimate of drug-likeness (QED) is 0.885. The smallest absolute Gasteiger partial charge is 0.227 e. The van der Waals surface area contributed by atoms with Gasteiger partial charge in [0.05, 0.1) is 6.42 Å². The molecule has 1 saturated heterocycles. The summed E-state index contributed by atoms with van der Waals surface area (Å²) in [6.07, 6.45) is 2.95. The summed E-state index contributed by atoms with van der Waals surface area (Å²) in [5.74, 6) is 0.907. The number of hydrogen-bond donors (Lipinski definition) is 1. The first-order valence-corrected chi connectivity index (χ1v) is 7.17. The number of hydrogen-bond acceptors (Lipinski definition) is 3. The maximum atomic E-state index is 12.1. The highest BCUT2D eigenvalue weighted by Crippen LogP contribution is 2.17. The minimum absolute atomic E-state index is 0.282. The van der Waals surface area contributed by atoms with Crippen molar-refractivity contribution in [2.45, 2.75) is 19.3 Å². The number of likely N-dealkylation sites (tertiary alicyclic amines) is 1. The van der Waals surface area contributed by atoms with E-state index in [0.29, 0.717) is 12.3 Å². The molecule has 0 spiro atoms. The van der Waals surface area contributed by atoms with Gasteiger partial charge in [-0.15, -0.1) is 0 Å². The monoisotopic (exact) mass is 252 g/mol. The Morgan fingerprint density at radius 1 is 1.65 bits per heavy atom. The number of carbonyl (C=O) groups is 1. The molecule has 3 nitrogen and oxygen atoms in total. The van der Waals surface area contributed by atoms with E-state index < -0.39 is 0 Å². The Bertz CT molecular complexity index is 348. The highest BCUT2D eigenvalue weighted by Gasteiger charge is 2.23. The first kappa shape index (κ1) is 12.6. The fourth-order valence-electron chi connectivity index (χ4n) is 2.43. The van der Waals surface area contributed by atoms with Crippen molar-refractivity contribution in [1.29, 1.82) is 0 Å². The zero-order chi connectivity index (χ0) is 12.1. The van der Waals surface area contributed by atoms with E-state index in [1.807, 2.05) is 23.4 Å². The molecule has 0 aliphatic carbocycles. The summed E-state index contributed by atoms with van der Waals surface area (Å²) in [5, 5.41) is 7.30. The van der Waals surface area contributed by atoms with Crippen LogP contribution in [0.2, 0.25) is 0 Å². The summed E-state index contributed by atoms with van der Waals surface area (Å²) >= 11 is 1.66. The largest absolute Gasteiger partial charge is 0.342 e. The lowest BCUT2D eigenvalue weighted by Crippen LogP contribution is -2.43. The molecule has 1 aliphatic rings. The van der Waals surface area contributed by atoms with Crippen LogP contribution in [0.1, 0.15) is 18.4 Å². The molecule has 1 aromatic heterocycles. The van der Waals surface area contributed by atoms with E-state index in [9.17, 15) is 4.79 Å². The fraction of sp³-hybridized carbons (Fsp3) is 0.615. The number of piperidine rings is 1. The van der Waals surface area contributed by atoms with E-state index in [2.05, 4.69) is 10.7 Å². The Labute approximate surface area is 107 Å².